The third-order valence-corrected chi connectivity index (χ3v) is 5.39. The van der Waals surface area contributed by atoms with Crippen molar-refractivity contribution in [2.45, 2.75) is 44.6 Å². The van der Waals surface area contributed by atoms with Crippen molar-refractivity contribution in [2.75, 3.05) is 18.9 Å². The minimum atomic E-state index is -0.747. The van der Waals surface area contributed by atoms with E-state index in [0.717, 1.165) is 13.0 Å². The van der Waals surface area contributed by atoms with Gasteiger partial charge in [0.15, 0.2) is 0 Å². The molecule has 1 aliphatic carbocycles. The van der Waals surface area contributed by atoms with Crippen LogP contribution in [0.4, 0.5) is 5.82 Å². The molecular formula is C18H25N3O3. The van der Waals surface area contributed by atoms with Gasteiger partial charge >= 0.3 is 5.97 Å². The molecule has 130 valence electrons. The fraction of sp³-hybridized carbons (Fsp3) is 0.611. The van der Waals surface area contributed by atoms with Crippen LogP contribution in [-0.4, -0.2) is 40.5 Å². The van der Waals surface area contributed by atoms with Gasteiger partial charge in [0.25, 0.3) is 0 Å². The summed E-state index contributed by atoms with van der Waals surface area (Å²) in [6, 6.07) is 4.33. The highest BCUT2D eigenvalue weighted by Crippen LogP contribution is 2.31. The molecule has 6 nitrogen and oxygen atoms in total. The fourth-order valence-electron chi connectivity index (χ4n) is 3.84. The summed E-state index contributed by atoms with van der Waals surface area (Å²) in [5.41, 5.74) is 1.19. The molecule has 24 heavy (non-hydrogen) atoms. The Labute approximate surface area is 142 Å². The molecule has 0 spiro atoms. The average molecular weight is 331 g/mol. The zero-order chi connectivity index (χ0) is 17.1. The Bertz CT molecular complexity index is 594. The number of carbonyl (C=O) groups is 2. The van der Waals surface area contributed by atoms with Gasteiger partial charge in [-0.1, -0.05) is 6.07 Å². The molecule has 1 aliphatic heterocycles. The molecule has 2 heterocycles. The summed E-state index contributed by atoms with van der Waals surface area (Å²) in [7, 11) is 2.13. The number of carboxylic acids is 1. The maximum Gasteiger partial charge on any atom is 0.306 e. The number of carbonyl (C=O) groups excluding carboxylic acids is 1. The molecule has 1 atom stereocenters. The van der Waals surface area contributed by atoms with Gasteiger partial charge in [-0.2, -0.15) is 0 Å². The SMILES string of the molecule is CN1CCCC1c1ccc(NC(=O)C2CCC(C(=O)O)CC2)nc1. The number of hydrogen-bond donors (Lipinski definition) is 2. The van der Waals surface area contributed by atoms with Crippen molar-refractivity contribution in [1.29, 1.82) is 0 Å². The number of pyridine rings is 1. The van der Waals surface area contributed by atoms with Crippen LogP contribution in [0.25, 0.3) is 0 Å². The molecule has 2 fully saturated rings. The van der Waals surface area contributed by atoms with Gasteiger partial charge in [0.1, 0.15) is 5.82 Å². The minimum absolute atomic E-state index is 0.0444. The maximum absolute atomic E-state index is 12.3. The topological polar surface area (TPSA) is 82.5 Å². The number of hydrogen-bond acceptors (Lipinski definition) is 4. The third kappa shape index (κ3) is 3.75. The standard InChI is InChI=1S/C18H25N3O3/c1-21-10-2-3-15(21)14-8-9-16(19-11-14)20-17(22)12-4-6-13(7-5-12)18(23)24/h8-9,11-13,15H,2-7,10H2,1H3,(H,23,24)(H,19,20,22). The monoisotopic (exact) mass is 331 g/mol. The summed E-state index contributed by atoms with van der Waals surface area (Å²) < 4.78 is 0. The van der Waals surface area contributed by atoms with Crippen molar-refractivity contribution in [3.05, 3.63) is 23.9 Å². The Morgan fingerprint density at radius 2 is 1.88 bits per heavy atom. The number of anilines is 1. The molecule has 2 aliphatic rings. The van der Waals surface area contributed by atoms with Crippen LogP contribution in [0.2, 0.25) is 0 Å². The van der Waals surface area contributed by atoms with Crippen LogP contribution >= 0.6 is 0 Å². The molecule has 0 radical (unpaired) electrons. The van der Waals surface area contributed by atoms with Gasteiger partial charge in [-0.3, -0.25) is 14.5 Å². The third-order valence-electron chi connectivity index (χ3n) is 5.39. The van der Waals surface area contributed by atoms with Crippen LogP contribution in [0.3, 0.4) is 0 Å². The van der Waals surface area contributed by atoms with E-state index in [-0.39, 0.29) is 17.7 Å². The van der Waals surface area contributed by atoms with Crippen LogP contribution < -0.4 is 5.32 Å². The van der Waals surface area contributed by atoms with E-state index in [9.17, 15) is 9.59 Å². The quantitative estimate of drug-likeness (QED) is 0.886. The van der Waals surface area contributed by atoms with Crippen molar-refractivity contribution < 1.29 is 14.7 Å². The van der Waals surface area contributed by atoms with E-state index >= 15 is 0 Å². The number of likely N-dealkylation sites (tertiary alicyclic amines) is 1. The molecule has 1 amide bonds. The Balaban J connectivity index is 1.54. The number of carboxylic acid groups (broad SMARTS) is 1. The van der Waals surface area contributed by atoms with Crippen molar-refractivity contribution >= 4 is 17.7 Å². The predicted octanol–water partition coefficient (Wildman–Crippen LogP) is 2.68. The molecule has 2 N–H and O–H groups in total. The Morgan fingerprint density at radius 3 is 2.42 bits per heavy atom. The lowest BCUT2D eigenvalue weighted by atomic mass is 9.81. The van der Waals surface area contributed by atoms with Crippen LogP contribution in [0.5, 0.6) is 0 Å². The summed E-state index contributed by atoms with van der Waals surface area (Å²) >= 11 is 0. The molecule has 1 unspecified atom stereocenters. The Hall–Kier alpha value is -1.95. The van der Waals surface area contributed by atoms with Crippen molar-refractivity contribution in [2.24, 2.45) is 11.8 Å². The zero-order valence-electron chi connectivity index (χ0n) is 14.1. The van der Waals surface area contributed by atoms with E-state index in [1.54, 1.807) is 0 Å². The lowest BCUT2D eigenvalue weighted by Gasteiger charge is -2.25. The van der Waals surface area contributed by atoms with Crippen molar-refractivity contribution in [3.63, 3.8) is 0 Å². The summed E-state index contributed by atoms with van der Waals surface area (Å²) in [5.74, 6) is -0.622. The lowest BCUT2D eigenvalue weighted by Crippen LogP contribution is -2.29. The molecule has 0 aromatic carbocycles. The summed E-state index contributed by atoms with van der Waals surface area (Å²) in [5, 5.41) is 11.9. The van der Waals surface area contributed by atoms with Crippen LogP contribution in [0.15, 0.2) is 18.3 Å². The highest BCUT2D eigenvalue weighted by atomic mass is 16.4. The van der Waals surface area contributed by atoms with Crippen LogP contribution in [0, 0.1) is 11.8 Å². The van der Waals surface area contributed by atoms with E-state index < -0.39 is 5.97 Å². The minimum Gasteiger partial charge on any atom is -0.481 e. The van der Waals surface area contributed by atoms with Crippen molar-refractivity contribution in [1.82, 2.24) is 9.88 Å². The van der Waals surface area contributed by atoms with Gasteiger partial charge in [0.2, 0.25) is 5.91 Å². The smallest absolute Gasteiger partial charge is 0.306 e. The fourth-order valence-corrected chi connectivity index (χ4v) is 3.84. The molecule has 1 aromatic rings. The molecule has 6 heteroatoms. The van der Waals surface area contributed by atoms with Gasteiger partial charge in [0, 0.05) is 18.2 Å². The largest absolute Gasteiger partial charge is 0.481 e. The highest BCUT2D eigenvalue weighted by molar-refractivity contribution is 5.91. The Morgan fingerprint density at radius 1 is 1.17 bits per heavy atom. The number of aliphatic carboxylic acids is 1. The van der Waals surface area contributed by atoms with Gasteiger partial charge in [-0.25, -0.2) is 4.98 Å². The number of nitrogens with one attached hydrogen (secondary N) is 1. The van der Waals surface area contributed by atoms with E-state index in [2.05, 4.69) is 22.2 Å². The summed E-state index contributed by atoms with van der Waals surface area (Å²) in [6.45, 7) is 1.11. The second-order valence-corrected chi connectivity index (χ2v) is 6.99. The second-order valence-electron chi connectivity index (χ2n) is 6.99. The molecule has 0 bridgehead atoms. The lowest BCUT2D eigenvalue weighted by molar-refractivity contribution is -0.143. The predicted molar refractivity (Wildman–Crippen MR) is 90.6 cm³/mol. The normalized spacial score (nSPS) is 27.8. The maximum atomic E-state index is 12.3. The Kier molecular flexibility index (Phi) is 5.14. The molecular weight excluding hydrogens is 306 g/mol. The van der Waals surface area contributed by atoms with Crippen LogP contribution in [-0.2, 0) is 9.59 Å². The zero-order valence-corrected chi connectivity index (χ0v) is 14.1. The van der Waals surface area contributed by atoms with Crippen LogP contribution in [0.1, 0.15) is 50.1 Å². The van der Waals surface area contributed by atoms with E-state index in [0.29, 0.717) is 37.5 Å². The van der Waals surface area contributed by atoms with Crippen molar-refractivity contribution in [3.8, 4) is 0 Å². The molecule has 1 saturated heterocycles. The summed E-state index contributed by atoms with van der Waals surface area (Å²) in [4.78, 5) is 30.0. The van der Waals surface area contributed by atoms with E-state index in [1.807, 2.05) is 18.3 Å². The van der Waals surface area contributed by atoms with Gasteiger partial charge < -0.3 is 10.4 Å². The number of amides is 1. The average Bonchev–Trinajstić information content (AvgIpc) is 3.01. The number of nitrogens with zero attached hydrogens (tertiary/aromatic N) is 2. The molecule has 1 saturated carbocycles. The van der Waals surface area contributed by atoms with E-state index in [1.165, 1.54) is 12.0 Å². The number of rotatable bonds is 4. The first kappa shape index (κ1) is 16.9. The first-order chi connectivity index (χ1) is 11.5. The van der Waals surface area contributed by atoms with E-state index in [4.69, 9.17) is 5.11 Å². The molecule has 3 rings (SSSR count). The highest BCUT2D eigenvalue weighted by Gasteiger charge is 2.30. The van der Waals surface area contributed by atoms with Gasteiger partial charge in [-0.05, 0) is 63.7 Å². The van der Waals surface area contributed by atoms with Gasteiger partial charge in [0.05, 0.1) is 5.92 Å². The summed E-state index contributed by atoms with van der Waals surface area (Å²) in [6.07, 6.45) is 6.63. The molecule has 1 aromatic heterocycles. The van der Waals surface area contributed by atoms with Gasteiger partial charge in [-0.15, -0.1) is 0 Å². The first-order valence-electron chi connectivity index (χ1n) is 8.74. The second kappa shape index (κ2) is 7.30. The number of aromatic nitrogens is 1. The first-order valence-corrected chi connectivity index (χ1v) is 8.74.